The van der Waals surface area contributed by atoms with Crippen molar-refractivity contribution >= 4 is 13.9 Å². The van der Waals surface area contributed by atoms with E-state index in [4.69, 9.17) is 4.98 Å². The zero-order valence-electron chi connectivity index (χ0n) is 13.5. The maximum absolute atomic E-state index is 4.71. The fourth-order valence-electron chi connectivity index (χ4n) is 3.20. The molecule has 2 aliphatic heterocycles. The maximum atomic E-state index is 4.71. The standard InChI is InChI=1S/C17H25N3Si/c1-13-9-14(7-8-21(2,3)4)10-18-17(13)20-11-15-5-6-16(12-20)19-15/h9-10,15-16,19H,5-6,11-12H2,1-4H3. The molecular formula is C17H25N3Si. The largest absolute Gasteiger partial charge is 0.353 e. The molecule has 0 radical (unpaired) electrons. The summed E-state index contributed by atoms with van der Waals surface area (Å²) in [5.41, 5.74) is 5.72. The van der Waals surface area contributed by atoms with Gasteiger partial charge in [0.15, 0.2) is 0 Å². The average Bonchev–Trinajstić information content (AvgIpc) is 2.74. The van der Waals surface area contributed by atoms with Crippen molar-refractivity contribution in [2.75, 3.05) is 18.0 Å². The van der Waals surface area contributed by atoms with Crippen molar-refractivity contribution in [3.05, 3.63) is 23.4 Å². The Kier molecular flexibility index (Phi) is 3.81. The molecule has 1 aromatic heterocycles. The molecule has 2 atom stereocenters. The van der Waals surface area contributed by atoms with E-state index in [1.165, 1.54) is 18.4 Å². The summed E-state index contributed by atoms with van der Waals surface area (Å²) in [5, 5.41) is 3.67. The van der Waals surface area contributed by atoms with Crippen LogP contribution in [0.1, 0.15) is 24.0 Å². The first kappa shape index (κ1) is 14.6. The summed E-state index contributed by atoms with van der Waals surface area (Å²) >= 11 is 0. The summed E-state index contributed by atoms with van der Waals surface area (Å²) in [5.74, 6) is 4.45. The van der Waals surface area contributed by atoms with Gasteiger partial charge in [-0.15, -0.1) is 5.54 Å². The Morgan fingerprint density at radius 3 is 2.48 bits per heavy atom. The van der Waals surface area contributed by atoms with Gasteiger partial charge in [0.05, 0.1) is 0 Å². The zero-order valence-corrected chi connectivity index (χ0v) is 14.5. The lowest BCUT2D eigenvalue weighted by atomic mass is 10.1. The first-order valence-electron chi connectivity index (χ1n) is 7.91. The molecule has 2 saturated heterocycles. The second kappa shape index (κ2) is 5.47. The molecule has 0 aromatic carbocycles. The minimum absolute atomic E-state index is 0.649. The number of nitrogens with one attached hydrogen (secondary N) is 1. The van der Waals surface area contributed by atoms with Crippen molar-refractivity contribution in [2.24, 2.45) is 0 Å². The van der Waals surface area contributed by atoms with Gasteiger partial charge in [0.2, 0.25) is 0 Å². The van der Waals surface area contributed by atoms with Gasteiger partial charge in [0.25, 0.3) is 0 Å². The first-order valence-corrected chi connectivity index (χ1v) is 11.4. The number of anilines is 1. The van der Waals surface area contributed by atoms with Gasteiger partial charge in [-0.3, -0.25) is 0 Å². The highest BCUT2D eigenvalue weighted by Gasteiger charge is 2.33. The molecule has 3 heterocycles. The highest BCUT2D eigenvalue weighted by molar-refractivity contribution is 6.83. The van der Waals surface area contributed by atoms with Crippen LogP contribution in [-0.2, 0) is 0 Å². The number of aryl methyl sites for hydroxylation is 1. The van der Waals surface area contributed by atoms with Gasteiger partial charge in [0.1, 0.15) is 13.9 Å². The Morgan fingerprint density at radius 1 is 1.24 bits per heavy atom. The summed E-state index contributed by atoms with van der Waals surface area (Å²) in [6.45, 7) is 11.1. The van der Waals surface area contributed by atoms with E-state index in [0.29, 0.717) is 12.1 Å². The molecule has 21 heavy (non-hydrogen) atoms. The molecule has 112 valence electrons. The molecule has 3 nitrogen and oxygen atoms in total. The topological polar surface area (TPSA) is 28.2 Å². The summed E-state index contributed by atoms with van der Waals surface area (Å²) in [7, 11) is -1.32. The van der Waals surface area contributed by atoms with Crippen LogP contribution in [0.3, 0.4) is 0 Å². The van der Waals surface area contributed by atoms with Crippen LogP contribution >= 0.6 is 0 Å². The third-order valence-corrected chi connectivity index (χ3v) is 5.02. The highest BCUT2D eigenvalue weighted by atomic mass is 28.3. The Morgan fingerprint density at radius 2 is 1.90 bits per heavy atom. The monoisotopic (exact) mass is 299 g/mol. The minimum Gasteiger partial charge on any atom is -0.353 e. The molecule has 4 heteroatoms. The number of nitrogens with zero attached hydrogens (tertiary/aromatic N) is 2. The molecule has 0 amide bonds. The van der Waals surface area contributed by atoms with E-state index < -0.39 is 8.07 Å². The Labute approximate surface area is 129 Å². The van der Waals surface area contributed by atoms with Gasteiger partial charge in [-0.1, -0.05) is 25.6 Å². The number of hydrogen-bond acceptors (Lipinski definition) is 3. The molecule has 2 unspecified atom stereocenters. The molecule has 2 aliphatic rings. The van der Waals surface area contributed by atoms with Gasteiger partial charge in [0, 0.05) is 36.9 Å². The van der Waals surface area contributed by atoms with Crippen molar-refractivity contribution in [1.29, 1.82) is 0 Å². The summed E-state index contributed by atoms with van der Waals surface area (Å²) < 4.78 is 0. The van der Waals surface area contributed by atoms with Crippen LogP contribution in [0.5, 0.6) is 0 Å². The Hall–Kier alpha value is -1.31. The fraction of sp³-hybridized carbons (Fsp3) is 0.588. The Balaban J connectivity index is 1.80. The van der Waals surface area contributed by atoms with Crippen LogP contribution in [0.2, 0.25) is 19.6 Å². The molecular weight excluding hydrogens is 274 g/mol. The van der Waals surface area contributed by atoms with Crippen LogP contribution in [-0.4, -0.2) is 38.2 Å². The Bertz CT molecular complexity index is 582. The zero-order chi connectivity index (χ0) is 15.0. The fourth-order valence-corrected chi connectivity index (χ4v) is 3.72. The second-order valence-corrected chi connectivity index (χ2v) is 12.2. The van der Waals surface area contributed by atoms with E-state index in [2.05, 4.69) is 54.3 Å². The minimum atomic E-state index is -1.32. The number of aromatic nitrogens is 1. The molecule has 0 saturated carbocycles. The van der Waals surface area contributed by atoms with Gasteiger partial charge in [-0.05, 0) is 31.4 Å². The maximum Gasteiger partial charge on any atom is 0.131 e. The van der Waals surface area contributed by atoms with Crippen LogP contribution in [0, 0.1) is 18.4 Å². The molecule has 2 fully saturated rings. The van der Waals surface area contributed by atoms with E-state index >= 15 is 0 Å². The van der Waals surface area contributed by atoms with Gasteiger partial charge in [-0.25, -0.2) is 4.98 Å². The van der Waals surface area contributed by atoms with Crippen molar-refractivity contribution in [1.82, 2.24) is 10.3 Å². The lowest BCUT2D eigenvalue weighted by Crippen LogP contribution is -2.51. The summed E-state index contributed by atoms with van der Waals surface area (Å²) in [4.78, 5) is 7.16. The predicted molar refractivity (Wildman–Crippen MR) is 91.4 cm³/mol. The quantitative estimate of drug-likeness (QED) is 0.638. The van der Waals surface area contributed by atoms with E-state index in [-0.39, 0.29) is 0 Å². The van der Waals surface area contributed by atoms with Crippen LogP contribution in [0.4, 0.5) is 5.82 Å². The highest BCUT2D eigenvalue weighted by Crippen LogP contribution is 2.26. The van der Waals surface area contributed by atoms with Gasteiger partial charge in [-0.2, -0.15) is 0 Å². The molecule has 0 spiro atoms. The summed E-state index contributed by atoms with van der Waals surface area (Å²) in [6, 6.07) is 3.49. The van der Waals surface area contributed by atoms with Crippen LogP contribution in [0.25, 0.3) is 0 Å². The predicted octanol–water partition coefficient (Wildman–Crippen LogP) is 2.56. The number of piperazine rings is 1. The lowest BCUT2D eigenvalue weighted by Gasteiger charge is -2.34. The molecule has 1 N–H and O–H groups in total. The van der Waals surface area contributed by atoms with Crippen molar-refractivity contribution in [2.45, 2.75) is 51.5 Å². The van der Waals surface area contributed by atoms with E-state index in [1.54, 1.807) is 0 Å². The SMILES string of the molecule is Cc1cc(C#C[Si](C)(C)C)cnc1N1CC2CCC(C1)N2. The van der Waals surface area contributed by atoms with Crippen molar-refractivity contribution in [3.8, 4) is 11.5 Å². The number of fused-ring (bicyclic) bond motifs is 2. The molecule has 2 bridgehead atoms. The normalized spacial score (nSPS) is 24.7. The van der Waals surface area contributed by atoms with Crippen LogP contribution < -0.4 is 10.2 Å². The molecule has 1 aromatic rings. The smallest absolute Gasteiger partial charge is 0.131 e. The summed E-state index contributed by atoms with van der Waals surface area (Å²) in [6.07, 6.45) is 4.55. The lowest BCUT2D eigenvalue weighted by molar-refractivity contribution is 0.463. The van der Waals surface area contributed by atoms with Crippen molar-refractivity contribution in [3.63, 3.8) is 0 Å². The number of hydrogen-bond donors (Lipinski definition) is 1. The average molecular weight is 299 g/mol. The second-order valence-electron chi connectivity index (χ2n) is 7.41. The number of pyridine rings is 1. The third kappa shape index (κ3) is 3.48. The van der Waals surface area contributed by atoms with Crippen molar-refractivity contribution < 1.29 is 0 Å². The van der Waals surface area contributed by atoms with E-state index in [9.17, 15) is 0 Å². The van der Waals surface area contributed by atoms with Crippen LogP contribution in [0.15, 0.2) is 12.3 Å². The number of rotatable bonds is 1. The first-order chi connectivity index (χ1) is 9.90. The van der Waals surface area contributed by atoms with Gasteiger partial charge >= 0.3 is 0 Å². The third-order valence-electron chi connectivity index (χ3n) is 4.15. The molecule has 3 rings (SSSR count). The van der Waals surface area contributed by atoms with Gasteiger partial charge < -0.3 is 10.2 Å². The van der Waals surface area contributed by atoms with E-state index in [1.807, 2.05) is 6.20 Å². The van der Waals surface area contributed by atoms with E-state index in [0.717, 1.165) is 24.5 Å². The molecule has 0 aliphatic carbocycles.